The van der Waals surface area contributed by atoms with Crippen molar-refractivity contribution in [1.82, 2.24) is 5.32 Å². The van der Waals surface area contributed by atoms with Crippen LogP contribution in [-0.2, 0) is 6.54 Å². The Hall–Kier alpha value is -2.07. The van der Waals surface area contributed by atoms with Crippen LogP contribution in [0.4, 0.5) is 0 Å². The summed E-state index contributed by atoms with van der Waals surface area (Å²) in [6.45, 7) is 4.50. The molecule has 0 aliphatic rings. The van der Waals surface area contributed by atoms with Crippen LogP contribution >= 0.6 is 0 Å². The molecule has 2 aromatic rings. The third kappa shape index (κ3) is 3.03. The highest BCUT2D eigenvalue weighted by Crippen LogP contribution is 2.18. The van der Waals surface area contributed by atoms with Crippen molar-refractivity contribution in [3.63, 3.8) is 0 Å². The van der Waals surface area contributed by atoms with Crippen LogP contribution in [0.2, 0.25) is 0 Å². The zero-order valence-corrected chi connectivity index (χ0v) is 11.0. The molecule has 0 saturated carbocycles. The molecule has 2 N–H and O–H groups in total. The van der Waals surface area contributed by atoms with Crippen molar-refractivity contribution in [2.75, 3.05) is 0 Å². The number of carboxylic acid groups (broad SMARTS) is 1. The number of carbonyl (C=O) groups is 1. The van der Waals surface area contributed by atoms with Crippen molar-refractivity contribution in [2.45, 2.75) is 26.4 Å². The fourth-order valence-electron chi connectivity index (χ4n) is 2.10. The molecular weight excluding hydrogens is 242 g/mol. The summed E-state index contributed by atoms with van der Waals surface area (Å²) in [6.07, 6.45) is 1.40. The predicted octanol–water partition coefficient (Wildman–Crippen LogP) is 3.14. The van der Waals surface area contributed by atoms with Crippen molar-refractivity contribution < 1.29 is 14.3 Å². The summed E-state index contributed by atoms with van der Waals surface area (Å²) in [4.78, 5) is 11.0. The second-order valence-electron chi connectivity index (χ2n) is 4.52. The van der Waals surface area contributed by atoms with Gasteiger partial charge in [-0.05, 0) is 31.0 Å². The molecule has 0 bridgehead atoms. The number of benzene rings is 1. The van der Waals surface area contributed by atoms with Gasteiger partial charge in [0.15, 0.2) is 0 Å². The topological polar surface area (TPSA) is 62.5 Å². The van der Waals surface area contributed by atoms with E-state index in [1.165, 1.54) is 23.5 Å². The Balaban J connectivity index is 2.05. The first-order valence-corrected chi connectivity index (χ1v) is 6.18. The average molecular weight is 259 g/mol. The molecule has 100 valence electrons. The summed E-state index contributed by atoms with van der Waals surface area (Å²) in [5.41, 5.74) is 2.62. The maximum Gasteiger partial charge on any atom is 0.339 e. The number of hydrogen-bond donors (Lipinski definition) is 2. The van der Waals surface area contributed by atoms with Crippen LogP contribution in [0.3, 0.4) is 0 Å². The second kappa shape index (κ2) is 5.71. The minimum Gasteiger partial charge on any atom is -0.478 e. The number of aryl methyl sites for hydroxylation is 1. The molecule has 1 unspecified atom stereocenters. The Labute approximate surface area is 112 Å². The molecule has 0 spiro atoms. The average Bonchev–Trinajstić information content (AvgIpc) is 2.85. The van der Waals surface area contributed by atoms with Gasteiger partial charge in [0, 0.05) is 6.04 Å². The molecule has 1 aromatic carbocycles. The molecule has 19 heavy (non-hydrogen) atoms. The van der Waals surface area contributed by atoms with Gasteiger partial charge in [0.25, 0.3) is 0 Å². The van der Waals surface area contributed by atoms with Gasteiger partial charge >= 0.3 is 5.97 Å². The van der Waals surface area contributed by atoms with Gasteiger partial charge in [-0.3, -0.25) is 0 Å². The van der Waals surface area contributed by atoms with Crippen molar-refractivity contribution in [3.05, 3.63) is 59.0 Å². The molecule has 0 aliphatic heterocycles. The van der Waals surface area contributed by atoms with Crippen molar-refractivity contribution in [2.24, 2.45) is 0 Å². The van der Waals surface area contributed by atoms with Gasteiger partial charge in [-0.1, -0.05) is 24.3 Å². The summed E-state index contributed by atoms with van der Waals surface area (Å²) in [6, 6.07) is 9.72. The standard InChI is InChI=1S/C15H17NO3/c1-10-5-3-4-6-12(10)11(2)16-9-14-13(15(17)18)7-8-19-14/h3-8,11,16H,9H2,1-2H3,(H,17,18). The molecule has 1 atom stereocenters. The predicted molar refractivity (Wildman–Crippen MR) is 72.1 cm³/mol. The first-order chi connectivity index (χ1) is 9.09. The van der Waals surface area contributed by atoms with Crippen LogP contribution < -0.4 is 5.32 Å². The van der Waals surface area contributed by atoms with Crippen LogP contribution in [0.1, 0.15) is 40.2 Å². The Morgan fingerprint density at radius 2 is 2.11 bits per heavy atom. The zero-order valence-electron chi connectivity index (χ0n) is 11.0. The van der Waals surface area contributed by atoms with E-state index in [1.54, 1.807) is 0 Å². The van der Waals surface area contributed by atoms with Gasteiger partial charge in [0.05, 0.1) is 12.8 Å². The molecule has 0 aliphatic carbocycles. The van der Waals surface area contributed by atoms with Crippen LogP contribution in [-0.4, -0.2) is 11.1 Å². The van der Waals surface area contributed by atoms with E-state index in [9.17, 15) is 4.79 Å². The number of nitrogens with one attached hydrogen (secondary N) is 1. The Kier molecular flexibility index (Phi) is 4.02. The van der Waals surface area contributed by atoms with Crippen LogP contribution in [0.5, 0.6) is 0 Å². The molecule has 4 heteroatoms. The van der Waals surface area contributed by atoms with Crippen molar-refractivity contribution in [1.29, 1.82) is 0 Å². The molecule has 0 saturated heterocycles. The normalized spacial score (nSPS) is 12.3. The highest BCUT2D eigenvalue weighted by atomic mass is 16.4. The summed E-state index contributed by atoms with van der Waals surface area (Å²) in [7, 11) is 0. The highest BCUT2D eigenvalue weighted by molar-refractivity contribution is 5.88. The molecule has 2 rings (SSSR count). The number of carboxylic acids is 1. The van der Waals surface area contributed by atoms with Gasteiger partial charge in [0.1, 0.15) is 11.3 Å². The largest absolute Gasteiger partial charge is 0.478 e. The summed E-state index contributed by atoms with van der Waals surface area (Å²) >= 11 is 0. The minimum atomic E-state index is -0.964. The smallest absolute Gasteiger partial charge is 0.339 e. The molecule has 0 fully saturated rings. The van der Waals surface area contributed by atoms with E-state index in [1.807, 2.05) is 19.1 Å². The second-order valence-corrected chi connectivity index (χ2v) is 4.52. The van der Waals surface area contributed by atoms with Gasteiger partial charge < -0.3 is 14.8 Å². The van der Waals surface area contributed by atoms with Crippen LogP contribution in [0.15, 0.2) is 41.0 Å². The number of hydrogen-bond acceptors (Lipinski definition) is 3. The summed E-state index contributed by atoms with van der Waals surface area (Å²) in [5, 5.41) is 12.3. The summed E-state index contributed by atoms with van der Waals surface area (Å²) in [5.74, 6) is -0.512. The van der Waals surface area contributed by atoms with E-state index in [0.29, 0.717) is 12.3 Å². The monoisotopic (exact) mass is 259 g/mol. The molecule has 4 nitrogen and oxygen atoms in total. The van der Waals surface area contributed by atoms with E-state index in [0.717, 1.165) is 0 Å². The van der Waals surface area contributed by atoms with E-state index in [2.05, 4.69) is 24.4 Å². The lowest BCUT2D eigenvalue weighted by molar-refractivity contribution is 0.0694. The summed E-state index contributed by atoms with van der Waals surface area (Å²) < 4.78 is 5.20. The first kappa shape index (κ1) is 13.4. The Bertz CT molecular complexity index is 574. The molecular formula is C15H17NO3. The van der Waals surface area contributed by atoms with Gasteiger partial charge in [-0.15, -0.1) is 0 Å². The van der Waals surface area contributed by atoms with E-state index in [4.69, 9.17) is 9.52 Å². The third-order valence-electron chi connectivity index (χ3n) is 3.20. The molecule has 0 radical (unpaired) electrons. The molecule has 1 aromatic heterocycles. The Morgan fingerprint density at radius 3 is 2.79 bits per heavy atom. The van der Waals surface area contributed by atoms with E-state index in [-0.39, 0.29) is 11.6 Å². The minimum absolute atomic E-state index is 0.132. The fourth-order valence-corrected chi connectivity index (χ4v) is 2.10. The quantitative estimate of drug-likeness (QED) is 0.866. The first-order valence-electron chi connectivity index (χ1n) is 6.18. The maximum absolute atomic E-state index is 11.0. The fraction of sp³-hybridized carbons (Fsp3) is 0.267. The van der Waals surface area contributed by atoms with Crippen LogP contribution in [0, 0.1) is 6.92 Å². The Morgan fingerprint density at radius 1 is 1.37 bits per heavy atom. The van der Waals surface area contributed by atoms with E-state index >= 15 is 0 Å². The number of aromatic carboxylic acids is 1. The number of furan rings is 1. The van der Waals surface area contributed by atoms with Crippen molar-refractivity contribution in [3.8, 4) is 0 Å². The van der Waals surface area contributed by atoms with Gasteiger partial charge in [-0.2, -0.15) is 0 Å². The molecule has 1 heterocycles. The van der Waals surface area contributed by atoms with Gasteiger partial charge in [-0.25, -0.2) is 4.79 Å². The lowest BCUT2D eigenvalue weighted by Crippen LogP contribution is -2.19. The SMILES string of the molecule is Cc1ccccc1C(C)NCc1occc1C(=O)O. The van der Waals surface area contributed by atoms with E-state index < -0.39 is 5.97 Å². The highest BCUT2D eigenvalue weighted by Gasteiger charge is 2.14. The molecule has 0 amide bonds. The lowest BCUT2D eigenvalue weighted by atomic mass is 10.0. The van der Waals surface area contributed by atoms with Crippen LogP contribution in [0.25, 0.3) is 0 Å². The third-order valence-corrected chi connectivity index (χ3v) is 3.20. The van der Waals surface area contributed by atoms with Crippen molar-refractivity contribution >= 4 is 5.97 Å². The maximum atomic E-state index is 11.0. The van der Waals surface area contributed by atoms with Gasteiger partial charge in [0.2, 0.25) is 0 Å². The zero-order chi connectivity index (χ0) is 13.8. The number of rotatable bonds is 5. The lowest BCUT2D eigenvalue weighted by Gasteiger charge is -2.15.